The molecule has 214 valence electrons. The molecule has 0 aromatic heterocycles. The molecule has 0 amide bonds. The highest BCUT2D eigenvalue weighted by Gasteiger charge is 2.51. The van der Waals surface area contributed by atoms with E-state index in [2.05, 4.69) is 157 Å². The SMILES string of the molecule is [B]c1ccc2c(c1)C1(c3ccccc3Oc3ccccc31)c1ccc(-c3ccccc3)cc1N2c1cccc(-c2ccccc2)c1. The molecule has 0 unspecified atom stereocenters. The second-order valence-electron chi connectivity index (χ2n) is 12.0. The Morgan fingerprint density at radius 2 is 1.00 bits per heavy atom. The maximum atomic E-state index is 6.67. The van der Waals surface area contributed by atoms with Crippen LogP contribution >= 0.6 is 0 Å². The highest BCUT2D eigenvalue weighted by Crippen LogP contribution is 2.62. The number of rotatable bonds is 3. The fourth-order valence-corrected chi connectivity index (χ4v) is 7.48. The summed E-state index contributed by atoms with van der Waals surface area (Å²) in [7, 11) is 6.67. The monoisotopic (exact) mass is 585 g/mol. The number of ether oxygens (including phenoxy) is 1. The molecule has 46 heavy (non-hydrogen) atoms. The average molecular weight is 586 g/mol. The fourth-order valence-electron chi connectivity index (χ4n) is 7.48. The molecule has 7 aromatic carbocycles. The minimum absolute atomic E-state index is 0.658. The number of fused-ring (bicyclic) bond motifs is 8. The van der Waals surface area contributed by atoms with Crippen LogP contribution in [0.25, 0.3) is 22.3 Å². The molecule has 0 atom stereocenters. The molecule has 0 saturated heterocycles. The second kappa shape index (κ2) is 10.4. The highest BCUT2D eigenvalue weighted by molar-refractivity contribution is 6.32. The normalized spacial score (nSPS) is 13.6. The molecule has 2 radical (unpaired) electrons. The molecule has 2 aliphatic rings. The molecular weight excluding hydrogens is 557 g/mol. The lowest BCUT2D eigenvalue weighted by atomic mass is 9.60. The van der Waals surface area contributed by atoms with Gasteiger partial charge in [-0.25, -0.2) is 0 Å². The van der Waals surface area contributed by atoms with E-state index in [1.54, 1.807) is 0 Å². The summed E-state index contributed by atoms with van der Waals surface area (Å²) in [6.45, 7) is 0. The zero-order valence-corrected chi connectivity index (χ0v) is 25.1. The molecule has 2 heterocycles. The molecule has 0 fully saturated rings. The Bertz CT molecular complexity index is 2210. The number of benzene rings is 7. The van der Waals surface area contributed by atoms with Crippen LogP contribution in [0, 0.1) is 0 Å². The summed E-state index contributed by atoms with van der Waals surface area (Å²) in [5, 5.41) is 0. The van der Waals surface area contributed by atoms with E-state index >= 15 is 0 Å². The number of hydrogen-bond donors (Lipinski definition) is 0. The van der Waals surface area contributed by atoms with E-state index in [9.17, 15) is 0 Å². The van der Waals surface area contributed by atoms with Crippen LogP contribution in [0.3, 0.4) is 0 Å². The lowest BCUT2D eigenvalue weighted by molar-refractivity contribution is 0.434. The van der Waals surface area contributed by atoms with E-state index in [0.717, 1.165) is 61.8 Å². The van der Waals surface area contributed by atoms with Crippen LogP contribution in [-0.4, -0.2) is 7.85 Å². The molecule has 1 spiro atoms. The van der Waals surface area contributed by atoms with E-state index < -0.39 is 5.41 Å². The third kappa shape index (κ3) is 3.92. The van der Waals surface area contributed by atoms with Crippen molar-refractivity contribution in [2.75, 3.05) is 4.90 Å². The van der Waals surface area contributed by atoms with E-state index in [4.69, 9.17) is 12.6 Å². The predicted octanol–water partition coefficient (Wildman–Crippen LogP) is 10.1. The summed E-state index contributed by atoms with van der Waals surface area (Å²) >= 11 is 0. The van der Waals surface area contributed by atoms with Gasteiger partial charge in [0.25, 0.3) is 0 Å². The number of para-hydroxylation sites is 2. The van der Waals surface area contributed by atoms with E-state index in [1.807, 2.05) is 18.2 Å². The van der Waals surface area contributed by atoms with E-state index in [-0.39, 0.29) is 0 Å². The third-order valence-electron chi connectivity index (χ3n) is 9.43. The Balaban J connectivity index is 1.40. The van der Waals surface area contributed by atoms with Crippen molar-refractivity contribution >= 4 is 30.4 Å². The van der Waals surface area contributed by atoms with Gasteiger partial charge in [0.2, 0.25) is 0 Å². The van der Waals surface area contributed by atoms with Crippen LogP contribution < -0.4 is 15.1 Å². The Morgan fingerprint density at radius 1 is 0.413 bits per heavy atom. The number of hydrogen-bond acceptors (Lipinski definition) is 2. The van der Waals surface area contributed by atoms with Crippen molar-refractivity contribution in [2.45, 2.75) is 5.41 Å². The van der Waals surface area contributed by atoms with Gasteiger partial charge in [-0.3, -0.25) is 0 Å². The molecule has 0 N–H and O–H groups in total. The summed E-state index contributed by atoms with van der Waals surface area (Å²) in [6, 6.07) is 60.2. The van der Waals surface area contributed by atoms with Crippen LogP contribution in [0.4, 0.5) is 17.1 Å². The van der Waals surface area contributed by atoms with Gasteiger partial charge in [-0.15, -0.1) is 0 Å². The first-order valence-electron chi connectivity index (χ1n) is 15.6. The largest absolute Gasteiger partial charge is 0.457 e. The quantitative estimate of drug-likeness (QED) is 0.191. The predicted molar refractivity (Wildman–Crippen MR) is 189 cm³/mol. The van der Waals surface area contributed by atoms with Crippen molar-refractivity contribution in [3.8, 4) is 33.8 Å². The minimum Gasteiger partial charge on any atom is -0.457 e. The second-order valence-corrected chi connectivity index (χ2v) is 12.0. The number of anilines is 3. The minimum atomic E-state index is -0.658. The molecule has 0 aliphatic carbocycles. The molecular formula is C43H28BNO. The molecule has 2 nitrogen and oxygen atoms in total. The summed E-state index contributed by atoms with van der Waals surface area (Å²) in [4.78, 5) is 2.41. The summed E-state index contributed by atoms with van der Waals surface area (Å²) in [6.07, 6.45) is 0. The van der Waals surface area contributed by atoms with Crippen molar-refractivity contribution in [3.05, 3.63) is 192 Å². The molecule has 2 aliphatic heterocycles. The van der Waals surface area contributed by atoms with Gasteiger partial charge in [0.1, 0.15) is 19.3 Å². The van der Waals surface area contributed by atoms with Crippen molar-refractivity contribution < 1.29 is 4.74 Å². The first kappa shape index (κ1) is 26.6. The van der Waals surface area contributed by atoms with Crippen LogP contribution in [0.15, 0.2) is 170 Å². The van der Waals surface area contributed by atoms with Gasteiger partial charge in [-0.1, -0.05) is 139 Å². The van der Waals surface area contributed by atoms with Gasteiger partial charge in [0, 0.05) is 16.8 Å². The lowest BCUT2D eigenvalue weighted by Crippen LogP contribution is -2.40. The van der Waals surface area contributed by atoms with Crippen LogP contribution in [-0.2, 0) is 5.41 Å². The Kier molecular flexibility index (Phi) is 6.01. The van der Waals surface area contributed by atoms with Crippen LogP contribution in [0.2, 0.25) is 0 Å². The van der Waals surface area contributed by atoms with Crippen molar-refractivity contribution in [1.82, 2.24) is 0 Å². The summed E-state index contributed by atoms with van der Waals surface area (Å²) < 4.78 is 6.59. The average Bonchev–Trinajstić information content (AvgIpc) is 3.12. The Morgan fingerprint density at radius 3 is 1.67 bits per heavy atom. The third-order valence-corrected chi connectivity index (χ3v) is 9.43. The highest BCUT2D eigenvalue weighted by atomic mass is 16.5. The maximum absolute atomic E-state index is 6.67. The molecule has 7 aromatic rings. The van der Waals surface area contributed by atoms with E-state index in [1.165, 1.54) is 16.7 Å². The van der Waals surface area contributed by atoms with Gasteiger partial charge in [-0.2, -0.15) is 0 Å². The Labute approximate surface area is 270 Å². The zero-order chi connectivity index (χ0) is 30.7. The first-order valence-corrected chi connectivity index (χ1v) is 15.6. The van der Waals surface area contributed by atoms with Crippen molar-refractivity contribution in [1.29, 1.82) is 0 Å². The van der Waals surface area contributed by atoms with Gasteiger partial charge in [0.15, 0.2) is 0 Å². The smallest absolute Gasteiger partial charge is 0.132 e. The lowest BCUT2D eigenvalue weighted by Gasteiger charge is -2.49. The Hall–Kier alpha value is -5.80. The maximum Gasteiger partial charge on any atom is 0.132 e. The summed E-state index contributed by atoms with van der Waals surface area (Å²) in [5.41, 5.74) is 12.5. The standard InChI is InChI=1S/C43H28BNO/c44-33-23-25-39-38(28-33)43(36-18-7-9-20-41(36)46-42-21-10-8-19-37(42)43)35-24-22-32(30-14-5-2-6-15-30)27-40(35)45(39)34-17-11-16-31(26-34)29-12-3-1-4-13-29/h1-28H. The molecule has 0 bridgehead atoms. The topological polar surface area (TPSA) is 12.5 Å². The van der Waals surface area contributed by atoms with Crippen LogP contribution in [0.1, 0.15) is 22.3 Å². The molecule has 9 rings (SSSR count). The van der Waals surface area contributed by atoms with Crippen molar-refractivity contribution in [2.24, 2.45) is 0 Å². The molecule has 3 heteroatoms. The zero-order valence-electron chi connectivity index (χ0n) is 25.1. The first-order chi connectivity index (χ1) is 22.7. The van der Waals surface area contributed by atoms with Gasteiger partial charge in [-0.05, 0) is 69.8 Å². The number of nitrogens with zero attached hydrogens (tertiary/aromatic N) is 1. The van der Waals surface area contributed by atoms with Gasteiger partial charge < -0.3 is 9.64 Å². The van der Waals surface area contributed by atoms with E-state index in [0.29, 0.717) is 0 Å². The molecule has 0 saturated carbocycles. The van der Waals surface area contributed by atoms with Gasteiger partial charge >= 0.3 is 0 Å². The van der Waals surface area contributed by atoms with Gasteiger partial charge in [0.05, 0.1) is 16.8 Å². The van der Waals surface area contributed by atoms with Crippen LogP contribution in [0.5, 0.6) is 11.5 Å². The fraction of sp³-hybridized carbons (Fsp3) is 0.0233. The summed E-state index contributed by atoms with van der Waals surface area (Å²) in [5.74, 6) is 1.71. The van der Waals surface area contributed by atoms with Crippen molar-refractivity contribution in [3.63, 3.8) is 0 Å².